The fourth-order valence-electron chi connectivity index (χ4n) is 4.84. The molecule has 1 saturated heterocycles. The second-order valence-corrected chi connectivity index (χ2v) is 9.84. The molecule has 2 fully saturated rings. The largest absolute Gasteiger partial charge is 0.480 e. The van der Waals surface area contributed by atoms with Crippen molar-refractivity contribution in [2.75, 3.05) is 20.3 Å². The average Bonchev–Trinajstić information content (AvgIpc) is 3.32. The maximum Gasteiger partial charge on any atom is 0.326 e. The topological polar surface area (TPSA) is 94.1 Å². The maximum atomic E-state index is 12.6. The molecule has 7 nitrogen and oxygen atoms in total. The van der Waals surface area contributed by atoms with E-state index >= 15 is 0 Å². The van der Waals surface area contributed by atoms with Crippen LogP contribution in [-0.4, -0.2) is 49.1 Å². The highest BCUT2D eigenvalue weighted by Crippen LogP contribution is 2.46. The first-order valence-electron chi connectivity index (χ1n) is 11.9. The summed E-state index contributed by atoms with van der Waals surface area (Å²) >= 11 is 12.1. The number of amides is 1. The zero-order valence-corrected chi connectivity index (χ0v) is 21.5. The number of hydrogen-bond donors (Lipinski definition) is 2. The monoisotopic (exact) mass is 533 g/mol. The summed E-state index contributed by atoms with van der Waals surface area (Å²) in [6, 6.07) is 11.5. The standard InChI is InChI=1S/C27H29Cl2NO6/c1-34-26(12-14-27(15-13-26)35-16-17-36-27)19-10-8-18(9-11-19)4-2-7-22(25(32)33)30-24(31)23-20(28)5-3-6-21(23)29/h2-6,8-11,22H,7,12-17H2,1H3,(H,30,31)(H,32,33)/b4-2+. The number of carboxylic acid groups (broad SMARTS) is 1. The summed E-state index contributed by atoms with van der Waals surface area (Å²) in [6.07, 6.45) is 6.79. The molecule has 2 N–H and O–H groups in total. The van der Waals surface area contributed by atoms with Crippen molar-refractivity contribution in [3.63, 3.8) is 0 Å². The van der Waals surface area contributed by atoms with Crippen LogP contribution in [0.4, 0.5) is 0 Å². The van der Waals surface area contributed by atoms with E-state index in [-0.39, 0.29) is 27.6 Å². The first-order chi connectivity index (χ1) is 17.3. The molecule has 1 saturated carbocycles. The summed E-state index contributed by atoms with van der Waals surface area (Å²) in [4.78, 5) is 24.3. The van der Waals surface area contributed by atoms with E-state index in [4.69, 9.17) is 37.4 Å². The molecular weight excluding hydrogens is 505 g/mol. The molecule has 2 aromatic carbocycles. The molecule has 1 atom stereocenters. The lowest BCUT2D eigenvalue weighted by molar-refractivity contribution is -0.208. The lowest BCUT2D eigenvalue weighted by Crippen LogP contribution is -2.43. The number of methoxy groups -OCH3 is 1. The van der Waals surface area contributed by atoms with Crippen molar-refractivity contribution >= 4 is 41.2 Å². The predicted octanol–water partition coefficient (Wildman–Crippen LogP) is 5.44. The number of ether oxygens (including phenoxy) is 3. The molecule has 4 rings (SSSR count). The van der Waals surface area contributed by atoms with Crippen LogP contribution in [0.1, 0.15) is 53.6 Å². The number of carbonyl (C=O) groups is 2. The molecule has 2 aromatic rings. The lowest BCUT2D eigenvalue weighted by atomic mass is 9.76. The Morgan fingerprint density at radius 2 is 1.67 bits per heavy atom. The highest BCUT2D eigenvalue weighted by atomic mass is 35.5. The maximum absolute atomic E-state index is 12.6. The van der Waals surface area contributed by atoms with E-state index in [1.165, 1.54) is 12.1 Å². The molecular formula is C27H29Cl2NO6. The fraction of sp³-hybridized carbons (Fsp3) is 0.407. The minimum atomic E-state index is -1.15. The van der Waals surface area contributed by atoms with Crippen molar-refractivity contribution in [1.82, 2.24) is 5.32 Å². The van der Waals surface area contributed by atoms with Crippen LogP contribution < -0.4 is 5.32 Å². The van der Waals surface area contributed by atoms with E-state index < -0.39 is 23.7 Å². The van der Waals surface area contributed by atoms with Gasteiger partial charge in [-0.1, -0.05) is 65.7 Å². The summed E-state index contributed by atoms with van der Waals surface area (Å²) in [5.41, 5.74) is 1.66. The zero-order valence-electron chi connectivity index (χ0n) is 20.0. The Labute approximate surface area is 220 Å². The third-order valence-electron chi connectivity index (χ3n) is 6.94. The summed E-state index contributed by atoms with van der Waals surface area (Å²) < 4.78 is 17.7. The minimum Gasteiger partial charge on any atom is -0.480 e. The molecule has 0 aromatic heterocycles. The number of halogens is 2. The predicted molar refractivity (Wildman–Crippen MR) is 137 cm³/mol. The number of benzene rings is 2. The smallest absolute Gasteiger partial charge is 0.326 e. The van der Waals surface area contributed by atoms with Gasteiger partial charge in [-0.15, -0.1) is 0 Å². The molecule has 0 radical (unpaired) electrons. The lowest BCUT2D eigenvalue weighted by Gasteiger charge is -2.43. The van der Waals surface area contributed by atoms with Gasteiger partial charge in [0.05, 0.1) is 34.4 Å². The van der Waals surface area contributed by atoms with Crippen molar-refractivity contribution < 1.29 is 28.9 Å². The van der Waals surface area contributed by atoms with E-state index in [0.717, 1.165) is 36.8 Å². The molecule has 0 bridgehead atoms. The van der Waals surface area contributed by atoms with Gasteiger partial charge in [-0.2, -0.15) is 0 Å². The Morgan fingerprint density at radius 3 is 2.22 bits per heavy atom. The number of rotatable bonds is 8. The van der Waals surface area contributed by atoms with Gasteiger partial charge < -0.3 is 24.6 Å². The molecule has 1 amide bonds. The Morgan fingerprint density at radius 1 is 1.06 bits per heavy atom. The highest BCUT2D eigenvalue weighted by Gasteiger charge is 2.47. The Bertz CT molecular complexity index is 1100. The Balaban J connectivity index is 1.38. The average molecular weight is 534 g/mol. The second-order valence-electron chi connectivity index (χ2n) is 9.03. The van der Waals surface area contributed by atoms with Gasteiger partial charge in [0.1, 0.15) is 6.04 Å². The van der Waals surface area contributed by atoms with Gasteiger partial charge in [0.15, 0.2) is 5.79 Å². The number of nitrogens with one attached hydrogen (secondary N) is 1. The zero-order chi connectivity index (χ0) is 25.8. The Kier molecular flexibility index (Phi) is 8.37. The first kappa shape index (κ1) is 26.6. The van der Waals surface area contributed by atoms with Gasteiger partial charge in [0, 0.05) is 20.0 Å². The van der Waals surface area contributed by atoms with Crippen LogP contribution in [0.25, 0.3) is 6.08 Å². The van der Waals surface area contributed by atoms with E-state index in [0.29, 0.717) is 13.2 Å². The minimum absolute atomic E-state index is 0.0541. The molecule has 1 unspecified atom stereocenters. The van der Waals surface area contributed by atoms with Crippen LogP contribution in [0.2, 0.25) is 10.0 Å². The van der Waals surface area contributed by atoms with Gasteiger partial charge in [0.2, 0.25) is 0 Å². The molecule has 1 spiro atoms. The third-order valence-corrected chi connectivity index (χ3v) is 7.57. The van der Waals surface area contributed by atoms with Crippen LogP contribution in [0, 0.1) is 0 Å². The third kappa shape index (κ3) is 5.76. The molecule has 192 valence electrons. The molecule has 1 heterocycles. The van der Waals surface area contributed by atoms with Gasteiger partial charge in [-0.3, -0.25) is 4.79 Å². The SMILES string of the molecule is COC1(c2ccc(/C=C/CC(NC(=O)c3c(Cl)cccc3Cl)C(=O)O)cc2)CCC2(CC1)OCCO2. The van der Waals surface area contributed by atoms with E-state index in [2.05, 4.69) is 5.32 Å². The van der Waals surface area contributed by atoms with Crippen LogP contribution in [0.15, 0.2) is 48.5 Å². The van der Waals surface area contributed by atoms with E-state index in [1.807, 2.05) is 30.3 Å². The molecule has 9 heteroatoms. The quantitative estimate of drug-likeness (QED) is 0.469. The Hall–Kier alpha value is -2.42. The second kappa shape index (κ2) is 11.3. The van der Waals surface area contributed by atoms with Crippen molar-refractivity contribution in [2.45, 2.75) is 49.5 Å². The van der Waals surface area contributed by atoms with Crippen LogP contribution in [-0.2, 0) is 24.6 Å². The normalized spacial score (nSPS) is 19.4. The van der Waals surface area contributed by atoms with Crippen LogP contribution in [0.3, 0.4) is 0 Å². The summed E-state index contributed by atoms with van der Waals surface area (Å²) in [7, 11) is 1.73. The van der Waals surface area contributed by atoms with Crippen molar-refractivity contribution in [3.05, 3.63) is 75.3 Å². The number of hydrogen-bond acceptors (Lipinski definition) is 5. The summed E-state index contributed by atoms with van der Waals surface area (Å²) in [6.45, 7) is 1.28. The van der Waals surface area contributed by atoms with E-state index in [9.17, 15) is 14.7 Å². The number of aliphatic carboxylic acids is 1. The van der Waals surface area contributed by atoms with E-state index in [1.54, 1.807) is 19.3 Å². The van der Waals surface area contributed by atoms with Crippen LogP contribution >= 0.6 is 23.2 Å². The van der Waals surface area contributed by atoms with Crippen molar-refractivity contribution in [2.24, 2.45) is 0 Å². The molecule has 1 aliphatic heterocycles. The van der Waals surface area contributed by atoms with Crippen LogP contribution in [0.5, 0.6) is 0 Å². The van der Waals surface area contributed by atoms with Gasteiger partial charge in [0.25, 0.3) is 5.91 Å². The number of carbonyl (C=O) groups excluding carboxylic acids is 1. The molecule has 2 aliphatic rings. The van der Waals surface area contributed by atoms with Crippen molar-refractivity contribution in [1.29, 1.82) is 0 Å². The fourth-order valence-corrected chi connectivity index (χ4v) is 5.40. The van der Waals surface area contributed by atoms with Gasteiger partial charge in [-0.25, -0.2) is 4.79 Å². The summed E-state index contributed by atoms with van der Waals surface area (Å²) in [5.74, 6) is -2.25. The van der Waals surface area contributed by atoms with Gasteiger partial charge >= 0.3 is 5.97 Å². The number of carboxylic acids is 1. The highest BCUT2D eigenvalue weighted by molar-refractivity contribution is 6.39. The first-order valence-corrected chi connectivity index (χ1v) is 12.6. The molecule has 36 heavy (non-hydrogen) atoms. The van der Waals surface area contributed by atoms with Gasteiger partial charge in [-0.05, 0) is 42.5 Å². The summed E-state index contributed by atoms with van der Waals surface area (Å²) in [5, 5.41) is 12.4. The van der Waals surface area contributed by atoms with Crippen molar-refractivity contribution in [3.8, 4) is 0 Å². The molecule has 1 aliphatic carbocycles.